The predicted octanol–water partition coefficient (Wildman–Crippen LogP) is 5.89. The fraction of sp³-hybridized carbons (Fsp3) is 0.750. The summed E-state index contributed by atoms with van der Waals surface area (Å²) in [5.41, 5.74) is 0. The highest BCUT2D eigenvalue weighted by atomic mass is 14.0. The van der Waals surface area contributed by atoms with E-state index in [2.05, 4.69) is 26.0 Å². The summed E-state index contributed by atoms with van der Waals surface area (Å²) in [5, 5.41) is 0. The van der Waals surface area contributed by atoms with E-state index in [9.17, 15) is 0 Å². The molecule has 0 fully saturated rings. The Kier molecular flexibility index (Phi) is 14.5. The molecule has 0 aliphatic heterocycles. The number of hydrogen-bond donors (Lipinski definition) is 0. The molecule has 0 heterocycles. The van der Waals surface area contributed by atoms with Gasteiger partial charge in [0.2, 0.25) is 0 Å². The van der Waals surface area contributed by atoms with Crippen molar-refractivity contribution in [3.05, 3.63) is 26.0 Å². The molecule has 0 heteroatoms. The van der Waals surface area contributed by atoms with Crippen LogP contribution in [0.5, 0.6) is 0 Å². The zero-order valence-corrected chi connectivity index (χ0v) is 11.1. The molecule has 94 valence electrons. The molecule has 16 heavy (non-hydrogen) atoms. The van der Waals surface area contributed by atoms with Crippen molar-refractivity contribution in [3.63, 3.8) is 0 Å². The van der Waals surface area contributed by atoms with Crippen LogP contribution in [0.1, 0.15) is 77.0 Å². The second kappa shape index (κ2) is 14.7. The largest absolute Gasteiger partial charge is 0.0885 e. The molecule has 0 N–H and O–H groups in total. The lowest BCUT2D eigenvalue weighted by Gasteiger charge is -1.98. The van der Waals surface area contributed by atoms with Gasteiger partial charge in [0.1, 0.15) is 0 Å². The number of rotatable bonds is 12. The van der Waals surface area contributed by atoms with Crippen molar-refractivity contribution in [3.8, 4) is 0 Å². The third-order valence-corrected chi connectivity index (χ3v) is 2.91. The molecule has 0 atom stereocenters. The summed E-state index contributed by atoms with van der Waals surface area (Å²) in [6.45, 7) is 7.71. The molecule has 0 aromatic rings. The summed E-state index contributed by atoms with van der Waals surface area (Å²) in [6, 6.07) is 0. The quantitative estimate of drug-likeness (QED) is 0.285. The average Bonchev–Trinajstić information content (AvgIpc) is 2.31. The first kappa shape index (κ1) is 15.7. The highest BCUT2D eigenvalue weighted by Gasteiger charge is 1.89. The molecular formula is C16H30. The minimum absolute atomic E-state index is 1.08. The normalized spacial score (nSPS) is 11.4. The standard InChI is InChI=1S/C16H30/c1-3-5-7-9-11-13-15-16-14-12-10-8-6-4-2/h11,13H,1-10,12,14-16H2/b13-11+. The monoisotopic (exact) mass is 222 g/mol. The molecule has 0 spiro atoms. The summed E-state index contributed by atoms with van der Waals surface area (Å²) in [5.74, 6) is 0. The van der Waals surface area contributed by atoms with Crippen molar-refractivity contribution in [2.45, 2.75) is 77.0 Å². The third-order valence-electron chi connectivity index (χ3n) is 2.91. The molecule has 2 radical (unpaired) electrons. The van der Waals surface area contributed by atoms with Crippen molar-refractivity contribution >= 4 is 0 Å². The van der Waals surface area contributed by atoms with Gasteiger partial charge in [-0.25, -0.2) is 0 Å². The van der Waals surface area contributed by atoms with Gasteiger partial charge in [0.25, 0.3) is 0 Å². The first-order chi connectivity index (χ1) is 7.91. The Bertz CT molecular complexity index is 135. The third kappa shape index (κ3) is 13.7. The molecule has 0 bridgehead atoms. The van der Waals surface area contributed by atoms with Gasteiger partial charge in [-0.1, -0.05) is 77.4 Å². The first-order valence-electron chi connectivity index (χ1n) is 7.15. The Balaban J connectivity index is 2.97. The Labute approximate surface area is 104 Å². The summed E-state index contributed by atoms with van der Waals surface area (Å²) in [7, 11) is 0. The lowest BCUT2D eigenvalue weighted by Crippen LogP contribution is -1.79. The molecule has 0 unspecified atom stereocenters. The van der Waals surface area contributed by atoms with Gasteiger partial charge in [0, 0.05) is 0 Å². The second-order valence-electron chi connectivity index (χ2n) is 4.58. The van der Waals surface area contributed by atoms with Gasteiger partial charge < -0.3 is 0 Å². The maximum Gasteiger partial charge on any atom is -0.0351 e. The van der Waals surface area contributed by atoms with E-state index in [4.69, 9.17) is 0 Å². The van der Waals surface area contributed by atoms with E-state index in [0.29, 0.717) is 0 Å². The van der Waals surface area contributed by atoms with Crippen LogP contribution < -0.4 is 0 Å². The van der Waals surface area contributed by atoms with Crippen LogP contribution in [0.2, 0.25) is 0 Å². The lowest BCUT2D eigenvalue weighted by atomic mass is 10.1. The summed E-state index contributed by atoms with van der Waals surface area (Å²) in [4.78, 5) is 0. The Morgan fingerprint density at radius 1 is 0.500 bits per heavy atom. The smallest absolute Gasteiger partial charge is 0.0351 e. The van der Waals surface area contributed by atoms with Gasteiger partial charge in [-0.2, -0.15) is 0 Å². The van der Waals surface area contributed by atoms with Crippen molar-refractivity contribution in [1.82, 2.24) is 0 Å². The van der Waals surface area contributed by atoms with E-state index < -0.39 is 0 Å². The molecule has 0 aliphatic rings. The first-order valence-corrected chi connectivity index (χ1v) is 7.15. The van der Waals surface area contributed by atoms with Crippen molar-refractivity contribution in [2.75, 3.05) is 0 Å². The van der Waals surface area contributed by atoms with Gasteiger partial charge in [-0.3, -0.25) is 0 Å². The Morgan fingerprint density at radius 3 is 1.44 bits per heavy atom. The van der Waals surface area contributed by atoms with Crippen LogP contribution >= 0.6 is 0 Å². The SMILES string of the molecule is [CH2]CCCC/C=C/CCCCCCCC[CH2]. The van der Waals surface area contributed by atoms with Gasteiger partial charge in [-0.05, 0) is 25.7 Å². The van der Waals surface area contributed by atoms with E-state index in [-0.39, 0.29) is 0 Å². The molecule has 0 aromatic heterocycles. The molecule has 0 saturated heterocycles. The molecule has 0 rings (SSSR count). The molecule has 0 aliphatic carbocycles. The molecule has 0 nitrogen and oxygen atoms in total. The number of unbranched alkanes of at least 4 members (excludes halogenated alkanes) is 10. The van der Waals surface area contributed by atoms with Gasteiger partial charge >= 0.3 is 0 Å². The van der Waals surface area contributed by atoms with Crippen LogP contribution in [0.3, 0.4) is 0 Å². The second-order valence-corrected chi connectivity index (χ2v) is 4.58. The number of hydrogen-bond acceptors (Lipinski definition) is 0. The van der Waals surface area contributed by atoms with E-state index in [1.54, 1.807) is 0 Å². The summed E-state index contributed by atoms with van der Waals surface area (Å²) >= 11 is 0. The fourth-order valence-corrected chi connectivity index (χ4v) is 1.82. The molecular weight excluding hydrogens is 192 g/mol. The Hall–Kier alpha value is -0.260. The van der Waals surface area contributed by atoms with Crippen LogP contribution in [0.15, 0.2) is 12.2 Å². The molecule has 0 amide bonds. The zero-order chi connectivity index (χ0) is 11.9. The molecule has 0 saturated carbocycles. The van der Waals surface area contributed by atoms with Crippen LogP contribution in [-0.4, -0.2) is 0 Å². The van der Waals surface area contributed by atoms with Gasteiger partial charge in [0.05, 0.1) is 0 Å². The van der Waals surface area contributed by atoms with Crippen LogP contribution in [-0.2, 0) is 0 Å². The maximum atomic E-state index is 3.86. The molecule has 0 aromatic carbocycles. The fourth-order valence-electron chi connectivity index (χ4n) is 1.82. The van der Waals surface area contributed by atoms with Crippen molar-refractivity contribution < 1.29 is 0 Å². The van der Waals surface area contributed by atoms with E-state index in [1.807, 2.05) is 0 Å². The van der Waals surface area contributed by atoms with E-state index in [0.717, 1.165) is 12.8 Å². The van der Waals surface area contributed by atoms with Crippen LogP contribution in [0.4, 0.5) is 0 Å². The highest BCUT2D eigenvalue weighted by molar-refractivity contribution is 4.81. The summed E-state index contributed by atoms with van der Waals surface area (Å²) < 4.78 is 0. The minimum atomic E-state index is 1.08. The average molecular weight is 222 g/mol. The van der Waals surface area contributed by atoms with Gasteiger partial charge in [0.15, 0.2) is 0 Å². The lowest BCUT2D eigenvalue weighted by molar-refractivity contribution is 0.599. The maximum absolute atomic E-state index is 3.86. The van der Waals surface area contributed by atoms with Gasteiger partial charge in [-0.15, -0.1) is 0 Å². The van der Waals surface area contributed by atoms with E-state index in [1.165, 1.54) is 64.2 Å². The van der Waals surface area contributed by atoms with Crippen LogP contribution in [0.25, 0.3) is 0 Å². The van der Waals surface area contributed by atoms with Crippen LogP contribution in [0, 0.1) is 13.8 Å². The zero-order valence-electron chi connectivity index (χ0n) is 11.1. The van der Waals surface area contributed by atoms with E-state index >= 15 is 0 Å². The predicted molar refractivity (Wildman–Crippen MR) is 75.3 cm³/mol. The topological polar surface area (TPSA) is 0 Å². The number of allylic oxidation sites excluding steroid dienone is 2. The highest BCUT2D eigenvalue weighted by Crippen LogP contribution is 2.09. The van der Waals surface area contributed by atoms with Crippen molar-refractivity contribution in [2.24, 2.45) is 0 Å². The van der Waals surface area contributed by atoms with Crippen molar-refractivity contribution in [1.29, 1.82) is 0 Å². The Morgan fingerprint density at radius 2 is 0.875 bits per heavy atom. The minimum Gasteiger partial charge on any atom is -0.0885 e. The summed E-state index contributed by atoms with van der Waals surface area (Å²) in [6.07, 6.45) is 20.3.